The predicted octanol–water partition coefficient (Wildman–Crippen LogP) is 5.09. The quantitative estimate of drug-likeness (QED) is 0.360. The summed E-state index contributed by atoms with van der Waals surface area (Å²) in [6, 6.07) is 11.5. The third-order valence-corrected chi connectivity index (χ3v) is 7.02. The number of aliphatic imine (C=N–C) groups is 1. The summed E-state index contributed by atoms with van der Waals surface area (Å²) in [5.41, 5.74) is 2.79. The van der Waals surface area contributed by atoms with Crippen molar-refractivity contribution in [3.05, 3.63) is 91.7 Å². The SMILES string of the molecule is CCOC(=O)C1=C(CN(C)Cc2ccc(OC)cc2)NC(c2nccs2)=N[C@H]1c1ccc(F)cc1Br. The van der Waals surface area contributed by atoms with Crippen molar-refractivity contribution in [2.75, 3.05) is 27.3 Å². The van der Waals surface area contributed by atoms with Gasteiger partial charge in [-0.25, -0.2) is 14.2 Å². The maximum absolute atomic E-state index is 13.9. The number of thiazole rings is 1. The highest BCUT2D eigenvalue weighted by atomic mass is 79.9. The number of hydrogen-bond acceptors (Lipinski definition) is 8. The average molecular weight is 573 g/mol. The van der Waals surface area contributed by atoms with E-state index in [9.17, 15) is 9.18 Å². The third kappa shape index (κ3) is 6.00. The molecule has 3 aromatic rings. The molecule has 4 rings (SSSR count). The van der Waals surface area contributed by atoms with Crippen LogP contribution in [-0.2, 0) is 16.1 Å². The van der Waals surface area contributed by atoms with Gasteiger partial charge in [-0.15, -0.1) is 11.3 Å². The molecule has 2 aromatic carbocycles. The van der Waals surface area contributed by atoms with E-state index in [4.69, 9.17) is 14.5 Å². The number of esters is 1. The van der Waals surface area contributed by atoms with Gasteiger partial charge in [-0.05, 0) is 49.4 Å². The van der Waals surface area contributed by atoms with Gasteiger partial charge in [0.15, 0.2) is 10.8 Å². The average Bonchev–Trinajstić information content (AvgIpc) is 3.39. The molecule has 0 aliphatic carbocycles. The van der Waals surface area contributed by atoms with E-state index < -0.39 is 12.0 Å². The lowest BCUT2D eigenvalue weighted by atomic mass is 9.95. The molecule has 1 aromatic heterocycles. The van der Waals surface area contributed by atoms with E-state index in [1.807, 2.05) is 36.7 Å². The van der Waals surface area contributed by atoms with E-state index in [0.717, 1.165) is 11.3 Å². The van der Waals surface area contributed by atoms with E-state index in [1.165, 1.54) is 23.5 Å². The number of likely N-dealkylation sites (N-methyl/N-ethyl adjacent to an activating group) is 1. The fourth-order valence-electron chi connectivity index (χ4n) is 3.94. The second-order valence-corrected chi connectivity index (χ2v) is 9.89. The second kappa shape index (κ2) is 11.8. The Morgan fingerprint density at radius 2 is 2.00 bits per heavy atom. The molecule has 0 fully saturated rings. The molecular formula is C26H26BrFN4O3S. The number of carbonyl (C=O) groups is 1. The number of hydrogen-bond donors (Lipinski definition) is 1. The van der Waals surface area contributed by atoms with Crippen LogP contribution >= 0.6 is 27.3 Å². The van der Waals surface area contributed by atoms with Crippen LogP contribution in [0, 0.1) is 5.82 Å². The number of aromatic nitrogens is 1. The standard InChI is InChI=1S/C26H26BrFN4O3S/c1-4-35-26(33)22-21(15-32(2)14-16-5-8-18(34-3)9-6-16)30-24(25-29-11-12-36-25)31-23(22)19-10-7-17(28)13-20(19)27/h5-13,23H,4,14-15H2,1-3H3,(H,30,31)/t23-/m0/s1. The van der Waals surface area contributed by atoms with Crippen LogP contribution in [0.1, 0.15) is 29.1 Å². The molecular weight excluding hydrogens is 547 g/mol. The molecule has 0 saturated carbocycles. The Hall–Kier alpha value is -3.08. The summed E-state index contributed by atoms with van der Waals surface area (Å²) in [6.07, 6.45) is 1.70. The molecule has 1 aliphatic heterocycles. The summed E-state index contributed by atoms with van der Waals surface area (Å²) in [6.45, 7) is 3.04. The van der Waals surface area contributed by atoms with Crippen LogP contribution in [0.3, 0.4) is 0 Å². The molecule has 7 nitrogen and oxygen atoms in total. The molecule has 0 unspecified atom stereocenters. The van der Waals surface area contributed by atoms with Crippen LogP contribution in [-0.4, -0.2) is 49.0 Å². The number of nitrogens with zero attached hydrogens (tertiary/aromatic N) is 3. The highest BCUT2D eigenvalue weighted by Gasteiger charge is 2.34. The summed E-state index contributed by atoms with van der Waals surface area (Å²) in [4.78, 5) is 24.6. The van der Waals surface area contributed by atoms with Gasteiger partial charge in [0, 0.05) is 34.8 Å². The molecule has 1 aliphatic rings. The molecule has 36 heavy (non-hydrogen) atoms. The van der Waals surface area contributed by atoms with Gasteiger partial charge in [0.2, 0.25) is 0 Å². The second-order valence-electron chi connectivity index (χ2n) is 8.14. The maximum Gasteiger partial charge on any atom is 0.338 e. The minimum Gasteiger partial charge on any atom is -0.497 e. The van der Waals surface area contributed by atoms with Gasteiger partial charge in [0.25, 0.3) is 0 Å². The molecule has 0 bridgehead atoms. The Morgan fingerprint density at radius 3 is 2.64 bits per heavy atom. The van der Waals surface area contributed by atoms with Gasteiger partial charge in [0.05, 0.1) is 19.3 Å². The first-order valence-electron chi connectivity index (χ1n) is 11.3. The van der Waals surface area contributed by atoms with E-state index >= 15 is 0 Å². The molecule has 2 heterocycles. The van der Waals surface area contributed by atoms with E-state index in [-0.39, 0.29) is 12.4 Å². The fraction of sp³-hybridized carbons (Fsp3) is 0.269. The lowest BCUT2D eigenvalue weighted by molar-refractivity contribution is -0.139. The Balaban J connectivity index is 1.73. The molecule has 1 N–H and O–H groups in total. The van der Waals surface area contributed by atoms with E-state index in [2.05, 4.69) is 31.1 Å². The summed E-state index contributed by atoms with van der Waals surface area (Å²) in [5.74, 6) is 0.484. The number of carbonyl (C=O) groups excluding carboxylic acids is 1. The number of ether oxygens (including phenoxy) is 2. The minimum atomic E-state index is -0.705. The smallest absolute Gasteiger partial charge is 0.338 e. The zero-order valence-corrected chi connectivity index (χ0v) is 22.5. The van der Waals surface area contributed by atoms with Gasteiger partial charge in [-0.1, -0.05) is 34.1 Å². The molecule has 188 valence electrons. The van der Waals surface area contributed by atoms with Crippen LogP contribution in [0.25, 0.3) is 0 Å². The van der Waals surface area contributed by atoms with Crippen LogP contribution in [0.2, 0.25) is 0 Å². The Bertz CT molecular complexity index is 1280. The molecule has 10 heteroatoms. The van der Waals surface area contributed by atoms with Gasteiger partial charge < -0.3 is 14.8 Å². The topological polar surface area (TPSA) is 76.0 Å². The summed E-state index contributed by atoms with van der Waals surface area (Å²) >= 11 is 4.90. The summed E-state index contributed by atoms with van der Waals surface area (Å²) in [5, 5.41) is 5.89. The first kappa shape index (κ1) is 26.0. The van der Waals surface area contributed by atoms with Crippen molar-refractivity contribution in [2.45, 2.75) is 19.5 Å². The van der Waals surface area contributed by atoms with Crippen molar-refractivity contribution >= 4 is 39.1 Å². The van der Waals surface area contributed by atoms with Crippen LogP contribution in [0.15, 0.2) is 74.8 Å². The van der Waals surface area contributed by atoms with Gasteiger partial charge in [0.1, 0.15) is 17.6 Å². The van der Waals surface area contributed by atoms with Crippen molar-refractivity contribution in [2.24, 2.45) is 4.99 Å². The minimum absolute atomic E-state index is 0.220. The molecule has 0 radical (unpaired) electrons. The van der Waals surface area contributed by atoms with Gasteiger partial charge in [-0.2, -0.15) is 0 Å². The van der Waals surface area contributed by atoms with Crippen LogP contribution in [0.5, 0.6) is 5.75 Å². The Morgan fingerprint density at radius 1 is 1.22 bits per heavy atom. The van der Waals surface area contributed by atoms with Crippen molar-refractivity contribution in [1.29, 1.82) is 0 Å². The van der Waals surface area contributed by atoms with E-state index in [0.29, 0.717) is 45.2 Å². The van der Waals surface area contributed by atoms with Crippen molar-refractivity contribution < 1.29 is 18.7 Å². The van der Waals surface area contributed by atoms with Gasteiger partial charge >= 0.3 is 5.97 Å². The number of nitrogens with one attached hydrogen (secondary N) is 1. The first-order chi connectivity index (χ1) is 17.4. The zero-order chi connectivity index (χ0) is 25.7. The predicted molar refractivity (Wildman–Crippen MR) is 142 cm³/mol. The molecule has 0 amide bonds. The van der Waals surface area contributed by atoms with Crippen molar-refractivity contribution in [3.63, 3.8) is 0 Å². The van der Waals surface area contributed by atoms with E-state index in [1.54, 1.807) is 26.3 Å². The zero-order valence-electron chi connectivity index (χ0n) is 20.1. The summed E-state index contributed by atoms with van der Waals surface area (Å²) < 4.78 is 25.1. The third-order valence-electron chi connectivity index (χ3n) is 5.55. The Labute approximate surface area is 221 Å². The lowest BCUT2D eigenvalue weighted by Crippen LogP contribution is -2.38. The van der Waals surface area contributed by atoms with Gasteiger partial charge in [-0.3, -0.25) is 9.89 Å². The highest BCUT2D eigenvalue weighted by molar-refractivity contribution is 9.10. The number of amidine groups is 1. The fourth-order valence-corrected chi connectivity index (χ4v) is 5.09. The Kier molecular flexibility index (Phi) is 8.50. The number of rotatable bonds is 9. The maximum atomic E-state index is 13.9. The largest absolute Gasteiger partial charge is 0.497 e. The summed E-state index contributed by atoms with van der Waals surface area (Å²) in [7, 11) is 3.61. The number of halogens is 2. The number of methoxy groups -OCH3 is 1. The molecule has 0 spiro atoms. The van der Waals surface area contributed by atoms with Crippen molar-refractivity contribution in [3.8, 4) is 5.75 Å². The van der Waals surface area contributed by atoms with Crippen LogP contribution < -0.4 is 10.1 Å². The molecule has 0 saturated heterocycles. The highest BCUT2D eigenvalue weighted by Crippen LogP contribution is 2.37. The van der Waals surface area contributed by atoms with Crippen molar-refractivity contribution in [1.82, 2.24) is 15.2 Å². The normalized spacial score (nSPS) is 15.5. The molecule has 1 atom stereocenters. The first-order valence-corrected chi connectivity index (χ1v) is 13.0. The number of benzene rings is 2. The monoisotopic (exact) mass is 572 g/mol. The lowest BCUT2D eigenvalue weighted by Gasteiger charge is -2.29. The van der Waals surface area contributed by atoms with Crippen LogP contribution in [0.4, 0.5) is 4.39 Å².